The lowest BCUT2D eigenvalue weighted by atomic mass is 9.92. The van der Waals surface area contributed by atoms with Crippen LogP contribution in [0.2, 0.25) is 0 Å². The summed E-state index contributed by atoms with van der Waals surface area (Å²) in [5.41, 5.74) is -0.435. The lowest BCUT2D eigenvalue weighted by Crippen LogP contribution is -2.18. The van der Waals surface area contributed by atoms with E-state index in [1.165, 1.54) is 6.92 Å². The third-order valence-electron chi connectivity index (χ3n) is 2.28. The third kappa shape index (κ3) is 2.19. The molecule has 0 aliphatic heterocycles. The van der Waals surface area contributed by atoms with Crippen LogP contribution in [0.1, 0.15) is 31.4 Å². The fourth-order valence-corrected chi connectivity index (χ4v) is 1.55. The van der Waals surface area contributed by atoms with E-state index >= 15 is 0 Å². The average molecular weight is 194 g/mol. The first-order chi connectivity index (χ1) is 6.61. The van der Waals surface area contributed by atoms with E-state index in [2.05, 4.69) is 0 Å². The second kappa shape index (κ2) is 4.36. The van der Waals surface area contributed by atoms with Gasteiger partial charge in [-0.05, 0) is 24.5 Å². The number of aryl methyl sites for hydroxylation is 1. The van der Waals surface area contributed by atoms with Crippen molar-refractivity contribution < 1.29 is 9.18 Å². The standard InChI is InChI=1S/C12H15FO/c1-3-6-10-7-4-5-8-11(10)12(2,13)9-14/h4-5,7-9H,3,6H2,1-2H3. The zero-order valence-corrected chi connectivity index (χ0v) is 8.59. The zero-order valence-electron chi connectivity index (χ0n) is 8.59. The summed E-state index contributed by atoms with van der Waals surface area (Å²) in [5, 5.41) is 0. The van der Waals surface area contributed by atoms with Crippen molar-refractivity contribution in [1.82, 2.24) is 0 Å². The Balaban J connectivity index is 3.12. The van der Waals surface area contributed by atoms with E-state index < -0.39 is 5.67 Å². The minimum absolute atomic E-state index is 0.363. The summed E-state index contributed by atoms with van der Waals surface area (Å²) in [6.07, 6.45) is 2.12. The van der Waals surface area contributed by atoms with Crippen molar-refractivity contribution in [3.63, 3.8) is 0 Å². The summed E-state index contributed by atoms with van der Waals surface area (Å²) >= 11 is 0. The SMILES string of the molecule is CCCc1ccccc1C(C)(F)C=O. The summed E-state index contributed by atoms with van der Waals surface area (Å²) in [6.45, 7) is 3.34. The predicted molar refractivity (Wildman–Crippen MR) is 55.0 cm³/mol. The summed E-state index contributed by atoms with van der Waals surface area (Å²) in [5.74, 6) is 0. The van der Waals surface area contributed by atoms with E-state index in [1.54, 1.807) is 12.1 Å². The van der Waals surface area contributed by atoms with Crippen molar-refractivity contribution in [2.75, 3.05) is 0 Å². The first kappa shape index (κ1) is 10.9. The minimum atomic E-state index is -1.86. The van der Waals surface area contributed by atoms with Crippen LogP contribution in [0.5, 0.6) is 0 Å². The second-order valence-corrected chi connectivity index (χ2v) is 3.60. The molecule has 0 saturated carbocycles. The van der Waals surface area contributed by atoms with Gasteiger partial charge in [0.2, 0.25) is 0 Å². The normalized spacial score (nSPS) is 14.8. The van der Waals surface area contributed by atoms with Gasteiger partial charge < -0.3 is 0 Å². The van der Waals surface area contributed by atoms with Crippen LogP contribution in [0.3, 0.4) is 0 Å². The van der Waals surface area contributed by atoms with E-state index in [9.17, 15) is 9.18 Å². The van der Waals surface area contributed by atoms with E-state index in [-0.39, 0.29) is 0 Å². The summed E-state index contributed by atoms with van der Waals surface area (Å²) in [7, 11) is 0. The van der Waals surface area contributed by atoms with Crippen LogP contribution in [0, 0.1) is 0 Å². The molecule has 1 atom stereocenters. The van der Waals surface area contributed by atoms with E-state index in [0.29, 0.717) is 11.8 Å². The molecule has 0 aliphatic carbocycles. The van der Waals surface area contributed by atoms with Gasteiger partial charge in [-0.1, -0.05) is 37.6 Å². The summed E-state index contributed by atoms with van der Waals surface area (Å²) < 4.78 is 13.8. The van der Waals surface area contributed by atoms with Crippen molar-refractivity contribution in [1.29, 1.82) is 0 Å². The van der Waals surface area contributed by atoms with Crippen molar-refractivity contribution >= 4 is 6.29 Å². The molecule has 2 heteroatoms. The topological polar surface area (TPSA) is 17.1 Å². The van der Waals surface area contributed by atoms with Crippen LogP contribution in [0.4, 0.5) is 4.39 Å². The molecule has 0 saturated heterocycles. The molecule has 1 aromatic carbocycles. The molecule has 0 fully saturated rings. The van der Waals surface area contributed by atoms with Crippen molar-refractivity contribution in [2.45, 2.75) is 32.4 Å². The maximum Gasteiger partial charge on any atom is 0.188 e. The molecule has 1 aromatic rings. The number of halogens is 1. The Kier molecular flexibility index (Phi) is 3.39. The van der Waals surface area contributed by atoms with Crippen LogP contribution in [0.25, 0.3) is 0 Å². The van der Waals surface area contributed by atoms with Gasteiger partial charge in [0.25, 0.3) is 0 Å². The highest BCUT2D eigenvalue weighted by Crippen LogP contribution is 2.26. The number of carbonyl (C=O) groups is 1. The van der Waals surface area contributed by atoms with Gasteiger partial charge in [0.15, 0.2) is 12.0 Å². The van der Waals surface area contributed by atoms with Crippen molar-refractivity contribution in [3.05, 3.63) is 35.4 Å². The lowest BCUT2D eigenvalue weighted by Gasteiger charge is -2.17. The molecule has 0 spiro atoms. The number of hydrogen-bond acceptors (Lipinski definition) is 1. The molecular weight excluding hydrogens is 179 g/mol. The first-order valence-electron chi connectivity index (χ1n) is 4.85. The Hall–Kier alpha value is -1.18. The highest BCUT2D eigenvalue weighted by atomic mass is 19.1. The maximum atomic E-state index is 13.8. The summed E-state index contributed by atoms with van der Waals surface area (Å²) in [4.78, 5) is 10.6. The molecule has 0 heterocycles. The number of alkyl halides is 1. The maximum absolute atomic E-state index is 13.8. The minimum Gasteiger partial charge on any atom is -0.299 e. The van der Waals surface area contributed by atoms with E-state index in [0.717, 1.165) is 18.4 Å². The quantitative estimate of drug-likeness (QED) is 0.673. The molecule has 1 rings (SSSR count). The molecule has 0 aromatic heterocycles. The molecular formula is C12H15FO. The fraction of sp³-hybridized carbons (Fsp3) is 0.417. The second-order valence-electron chi connectivity index (χ2n) is 3.60. The van der Waals surface area contributed by atoms with Crippen LogP contribution >= 0.6 is 0 Å². The molecule has 0 N–H and O–H groups in total. The van der Waals surface area contributed by atoms with Gasteiger partial charge in [0, 0.05) is 0 Å². The van der Waals surface area contributed by atoms with Gasteiger partial charge in [0.05, 0.1) is 0 Å². The highest BCUT2D eigenvalue weighted by Gasteiger charge is 2.26. The fourth-order valence-electron chi connectivity index (χ4n) is 1.55. The van der Waals surface area contributed by atoms with Crippen LogP contribution in [-0.4, -0.2) is 6.29 Å². The van der Waals surface area contributed by atoms with Gasteiger partial charge in [-0.2, -0.15) is 0 Å². The van der Waals surface area contributed by atoms with Crippen LogP contribution in [-0.2, 0) is 16.9 Å². The van der Waals surface area contributed by atoms with Gasteiger partial charge in [0.1, 0.15) is 0 Å². The third-order valence-corrected chi connectivity index (χ3v) is 2.28. The van der Waals surface area contributed by atoms with Crippen molar-refractivity contribution in [2.24, 2.45) is 0 Å². The first-order valence-corrected chi connectivity index (χ1v) is 4.85. The monoisotopic (exact) mass is 194 g/mol. The smallest absolute Gasteiger partial charge is 0.188 e. The van der Waals surface area contributed by atoms with Gasteiger partial charge >= 0.3 is 0 Å². The van der Waals surface area contributed by atoms with Crippen LogP contribution < -0.4 is 0 Å². The Morgan fingerprint density at radius 2 is 2.07 bits per heavy atom. The Morgan fingerprint density at radius 3 is 2.64 bits per heavy atom. The number of aldehydes is 1. The number of benzene rings is 1. The molecule has 14 heavy (non-hydrogen) atoms. The van der Waals surface area contributed by atoms with Gasteiger partial charge in [-0.15, -0.1) is 0 Å². The molecule has 1 nitrogen and oxygen atoms in total. The predicted octanol–water partition coefficient (Wildman–Crippen LogP) is 3.02. The number of hydrogen-bond donors (Lipinski definition) is 0. The Morgan fingerprint density at radius 1 is 1.43 bits per heavy atom. The largest absolute Gasteiger partial charge is 0.299 e. The summed E-state index contributed by atoms with van der Waals surface area (Å²) in [6, 6.07) is 7.19. The highest BCUT2D eigenvalue weighted by molar-refractivity contribution is 5.66. The molecule has 0 aliphatic rings. The van der Waals surface area contributed by atoms with Gasteiger partial charge in [-0.3, -0.25) is 4.79 Å². The molecule has 0 bridgehead atoms. The van der Waals surface area contributed by atoms with E-state index in [4.69, 9.17) is 0 Å². The van der Waals surface area contributed by atoms with E-state index in [1.807, 2.05) is 19.1 Å². The number of carbonyl (C=O) groups excluding carboxylic acids is 1. The Labute approximate surface area is 83.9 Å². The zero-order chi connectivity index (χ0) is 10.6. The molecule has 0 radical (unpaired) electrons. The molecule has 1 unspecified atom stereocenters. The average Bonchev–Trinajstić information content (AvgIpc) is 2.19. The lowest BCUT2D eigenvalue weighted by molar-refractivity contribution is -0.117. The van der Waals surface area contributed by atoms with Gasteiger partial charge in [-0.25, -0.2) is 4.39 Å². The van der Waals surface area contributed by atoms with Crippen molar-refractivity contribution in [3.8, 4) is 0 Å². The molecule has 76 valence electrons. The Bertz CT molecular complexity index is 318. The molecule has 0 amide bonds. The van der Waals surface area contributed by atoms with Crippen LogP contribution in [0.15, 0.2) is 24.3 Å². The number of rotatable bonds is 4.